The number of allylic oxidation sites excluding steroid dienone is 1. The van der Waals surface area contributed by atoms with E-state index in [2.05, 4.69) is 21.3 Å². The average Bonchev–Trinajstić information content (AvgIpc) is 2.84. The van der Waals surface area contributed by atoms with Crippen LogP contribution in [0.4, 0.5) is 0 Å². The summed E-state index contributed by atoms with van der Waals surface area (Å²) in [4.78, 5) is 77.4. The van der Waals surface area contributed by atoms with Crippen molar-refractivity contribution in [3.05, 3.63) is 12.2 Å². The number of ether oxygens (including phenoxy) is 2. The minimum Gasteiger partial charge on any atom is -0.460 e. The van der Waals surface area contributed by atoms with Gasteiger partial charge in [-0.15, -0.1) is 0 Å². The van der Waals surface area contributed by atoms with Crippen LogP contribution < -0.4 is 21.3 Å². The molecular weight excluding hydrogens is 560 g/mol. The minimum atomic E-state index is -1.17. The van der Waals surface area contributed by atoms with Gasteiger partial charge in [-0.1, -0.05) is 41.5 Å². The van der Waals surface area contributed by atoms with Gasteiger partial charge in [0, 0.05) is 17.9 Å². The van der Waals surface area contributed by atoms with E-state index in [4.69, 9.17) is 9.47 Å². The quantitative estimate of drug-likeness (QED) is 0.207. The van der Waals surface area contributed by atoms with Gasteiger partial charge in [-0.05, 0) is 45.6 Å². The molecule has 0 aromatic rings. The van der Waals surface area contributed by atoms with Crippen molar-refractivity contribution in [3.8, 4) is 0 Å². The van der Waals surface area contributed by atoms with Crippen LogP contribution in [-0.4, -0.2) is 83.4 Å². The van der Waals surface area contributed by atoms with Gasteiger partial charge >= 0.3 is 11.9 Å². The lowest BCUT2D eigenvalue weighted by Gasteiger charge is -2.27. The summed E-state index contributed by atoms with van der Waals surface area (Å²) in [6, 6.07) is -3.18. The van der Waals surface area contributed by atoms with E-state index in [-0.39, 0.29) is 30.9 Å². The lowest BCUT2D eigenvalue weighted by Crippen LogP contribution is -2.59. The normalized spacial score (nSPS) is 26.1. The van der Waals surface area contributed by atoms with E-state index in [0.717, 1.165) is 0 Å². The maximum absolute atomic E-state index is 13.4. The molecule has 4 amide bonds. The molecule has 0 aliphatic carbocycles. The van der Waals surface area contributed by atoms with Crippen LogP contribution in [0.3, 0.4) is 0 Å². The van der Waals surface area contributed by atoms with Gasteiger partial charge in [0.25, 0.3) is 0 Å². The fourth-order valence-electron chi connectivity index (χ4n) is 3.77. The van der Waals surface area contributed by atoms with Crippen molar-refractivity contribution in [2.24, 2.45) is 5.92 Å². The Labute approximate surface area is 242 Å². The largest absolute Gasteiger partial charge is 0.460 e. The molecule has 1 saturated heterocycles. The summed E-state index contributed by atoms with van der Waals surface area (Å²) in [6.07, 6.45) is 2.53. The summed E-state index contributed by atoms with van der Waals surface area (Å²) in [5.41, 5.74) is -0.726. The molecule has 2 rings (SSSR count). The van der Waals surface area contributed by atoms with Crippen LogP contribution in [0.2, 0.25) is 0 Å². The minimum absolute atomic E-state index is 0.0833. The number of hydrogen-bond acceptors (Lipinski definition) is 10. The molecular formula is C26H40N4O8S2. The molecule has 224 valence electrons. The van der Waals surface area contributed by atoms with Crippen LogP contribution in [0.1, 0.15) is 60.3 Å². The van der Waals surface area contributed by atoms with Crippen molar-refractivity contribution in [2.45, 2.75) is 90.1 Å². The van der Waals surface area contributed by atoms with Crippen molar-refractivity contribution in [2.75, 3.05) is 18.1 Å². The van der Waals surface area contributed by atoms with Crippen LogP contribution in [0.15, 0.2) is 12.2 Å². The number of rotatable bonds is 4. The van der Waals surface area contributed by atoms with E-state index in [1.54, 1.807) is 46.8 Å². The Balaban J connectivity index is 2.42. The Kier molecular flexibility index (Phi) is 13.3. The molecule has 2 heterocycles. The zero-order chi connectivity index (χ0) is 29.9. The fourth-order valence-corrected chi connectivity index (χ4v) is 5.93. The van der Waals surface area contributed by atoms with Crippen molar-refractivity contribution in [3.63, 3.8) is 0 Å². The van der Waals surface area contributed by atoms with E-state index in [1.165, 1.54) is 21.6 Å². The van der Waals surface area contributed by atoms with Crippen LogP contribution in [0.25, 0.3) is 0 Å². The molecule has 0 radical (unpaired) electrons. The summed E-state index contributed by atoms with van der Waals surface area (Å²) < 4.78 is 10.8. The summed E-state index contributed by atoms with van der Waals surface area (Å²) in [6.45, 7) is 8.19. The summed E-state index contributed by atoms with van der Waals surface area (Å²) in [5.74, 6) is -3.20. The molecule has 0 saturated carbocycles. The fraction of sp³-hybridized carbons (Fsp3) is 0.692. The molecule has 4 atom stereocenters. The number of hydrogen-bond donors (Lipinski definition) is 4. The maximum Gasteiger partial charge on any atom is 0.326 e. The number of fused-ring (bicyclic) bond motifs is 7. The molecule has 0 spiro atoms. The first kappa shape index (κ1) is 33.5. The highest BCUT2D eigenvalue weighted by molar-refractivity contribution is 8.76. The second-order valence-corrected chi connectivity index (χ2v) is 13.4. The van der Waals surface area contributed by atoms with Crippen molar-refractivity contribution in [1.82, 2.24) is 21.3 Å². The molecule has 0 aromatic heterocycles. The van der Waals surface area contributed by atoms with E-state index < -0.39 is 71.9 Å². The Morgan fingerprint density at radius 3 is 2.45 bits per heavy atom. The van der Waals surface area contributed by atoms with Gasteiger partial charge in [0.1, 0.15) is 36.4 Å². The number of amides is 4. The zero-order valence-electron chi connectivity index (χ0n) is 23.6. The second-order valence-electron chi connectivity index (χ2n) is 10.8. The smallest absolute Gasteiger partial charge is 0.326 e. The summed E-state index contributed by atoms with van der Waals surface area (Å²) in [7, 11) is 2.87. The van der Waals surface area contributed by atoms with Gasteiger partial charge in [-0.2, -0.15) is 0 Å². The second kappa shape index (κ2) is 15.9. The predicted molar refractivity (Wildman–Crippen MR) is 152 cm³/mol. The van der Waals surface area contributed by atoms with E-state index in [9.17, 15) is 28.8 Å². The van der Waals surface area contributed by atoms with Gasteiger partial charge in [-0.3, -0.25) is 28.8 Å². The SMILES string of the molecule is CC(C)[C@H]1NC(=O)[C@H]2CSSCCC=C[C@H](CC(=O)NC(CCC(=O)OC(C)(C)C)C(=O)N2)OC(=O)CNC1=O. The summed E-state index contributed by atoms with van der Waals surface area (Å²) >= 11 is 0. The third-order valence-electron chi connectivity index (χ3n) is 5.70. The molecule has 2 aliphatic heterocycles. The monoisotopic (exact) mass is 600 g/mol. The topological polar surface area (TPSA) is 169 Å². The van der Waals surface area contributed by atoms with Crippen molar-refractivity contribution >= 4 is 57.2 Å². The first-order chi connectivity index (χ1) is 18.7. The number of carbonyl (C=O) groups is 6. The Morgan fingerprint density at radius 1 is 1.05 bits per heavy atom. The van der Waals surface area contributed by atoms with E-state index in [1.807, 2.05) is 0 Å². The number of carbonyl (C=O) groups excluding carboxylic acids is 6. The van der Waals surface area contributed by atoms with Gasteiger partial charge in [0.2, 0.25) is 23.6 Å². The highest BCUT2D eigenvalue weighted by Gasteiger charge is 2.32. The molecule has 1 unspecified atom stereocenters. The maximum atomic E-state index is 13.4. The van der Waals surface area contributed by atoms with Gasteiger partial charge in [-0.25, -0.2) is 0 Å². The van der Waals surface area contributed by atoms with Crippen molar-refractivity contribution < 1.29 is 38.2 Å². The zero-order valence-corrected chi connectivity index (χ0v) is 25.2. The van der Waals surface area contributed by atoms with E-state index in [0.29, 0.717) is 12.2 Å². The van der Waals surface area contributed by atoms with Gasteiger partial charge in [0.15, 0.2) is 0 Å². The van der Waals surface area contributed by atoms with Crippen LogP contribution in [0, 0.1) is 5.92 Å². The molecule has 14 heteroatoms. The third-order valence-corrected chi connectivity index (χ3v) is 8.15. The number of nitrogens with one attached hydrogen (secondary N) is 4. The molecule has 40 heavy (non-hydrogen) atoms. The molecule has 2 aliphatic rings. The Hall–Kier alpha value is -2.74. The van der Waals surface area contributed by atoms with Crippen LogP contribution in [0.5, 0.6) is 0 Å². The Morgan fingerprint density at radius 2 is 1.77 bits per heavy atom. The average molecular weight is 601 g/mol. The van der Waals surface area contributed by atoms with Crippen LogP contribution in [-0.2, 0) is 38.2 Å². The van der Waals surface area contributed by atoms with E-state index >= 15 is 0 Å². The molecule has 4 N–H and O–H groups in total. The lowest BCUT2D eigenvalue weighted by molar-refractivity contribution is -0.155. The third kappa shape index (κ3) is 12.2. The molecule has 1 fully saturated rings. The lowest BCUT2D eigenvalue weighted by atomic mass is 10.0. The first-order valence-corrected chi connectivity index (χ1v) is 15.7. The van der Waals surface area contributed by atoms with Gasteiger partial charge in [0.05, 0.1) is 6.42 Å². The highest BCUT2D eigenvalue weighted by Crippen LogP contribution is 2.24. The molecule has 0 aromatic carbocycles. The summed E-state index contributed by atoms with van der Waals surface area (Å²) in [5, 5.41) is 10.5. The highest BCUT2D eigenvalue weighted by atomic mass is 33.1. The standard InChI is InChI=1S/C26H40N4O8S2/c1-15(2)22-25(36)27-13-21(33)37-16-8-6-7-11-39-40-14-18(24(35)30-22)29-23(34)17(28-19(31)12-16)9-10-20(32)38-26(3,4)5/h6,8,15-18,22H,7,9-14H2,1-5H3,(H,27,36)(H,28,31)(H,29,34)(H,30,35)/t16-,17?,18-,22-/m1/s1. The predicted octanol–water partition coefficient (Wildman–Crippen LogP) is 0.992. The number of esters is 2. The van der Waals surface area contributed by atoms with Gasteiger partial charge < -0.3 is 30.7 Å². The van der Waals surface area contributed by atoms with Crippen LogP contribution >= 0.6 is 21.6 Å². The Bertz CT molecular complexity index is 982. The molecule has 2 bridgehead atoms. The first-order valence-electron chi connectivity index (χ1n) is 13.3. The molecule has 12 nitrogen and oxygen atoms in total. The van der Waals surface area contributed by atoms with Crippen molar-refractivity contribution in [1.29, 1.82) is 0 Å².